The maximum absolute atomic E-state index is 13.7. The summed E-state index contributed by atoms with van der Waals surface area (Å²) in [5, 5.41) is 0. The van der Waals surface area contributed by atoms with E-state index in [0.29, 0.717) is 26.2 Å². The first kappa shape index (κ1) is 14.6. The molecule has 2 aromatic rings. The van der Waals surface area contributed by atoms with Gasteiger partial charge in [-0.2, -0.15) is 0 Å². The summed E-state index contributed by atoms with van der Waals surface area (Å²) in [6.07, 6.45) is 3.74. The normalized spacial score (nSPS) is 15.2. The lowest BCUT2D eigenvalue weighted by atomic mass is 10.1. The van der Waals surface area contributed by atoms with Crippen LogP contribution in [0, 0.1) is 5.82 Å². The first-order valence-corrected chi connectivity index (χ1v) is 7.50. The Labute approximate surface area is 129 Å². The smallest absolute Gasteiger partial charge is 0.256 e. The minimum absolute atomic E-state index is 0.144. The molecular formula is C16H19FN4O. The molecule has 1 amide bonds. The van der Waals surface area contributed by atoms with Crippen molar-refractivity contribution in [3.63, 3.8) is 0 Å². The van der Waals surface area contributed by atoms with E-state index in [1.165, 1.54) is 12.1 Å². The van der Waals surface area contributed by atoms with Crippen molar-refractivity contribution in [1.29, 1.82) is 0 Å². The molecule has 2 heterocycles. The number of benzene rings is 1. The first-order valence-electron chi connectivity index (χ1n) is 7.50. The van der Waals surface area contributed by atoms with Gasteiger partial charge in [0, 0.05) is 45.1 Å². The lowest BCUT2D eigenvalue weighted by Gasteiger charge is -2.35. The van der Waals surface area contributed by atoms with Gasteiger partial charge in [-0.3, -0.25) is 4.79 Å². The Morgan fingerprint density at radius 2 is 1.95 bits per heavy atom. The Balaban J connectivity index is 1.67. The fraction of sp³-hybridized carbons (Fsp3) is 0.375. The summed E-state index contributed by atoms with van der Waals surface area (Å²) in [5.74, 6) is 0.230. The molecule has 1 aromatic carbocycles. The summed E-state index contributed by atoms with van der Waals surface area (Å²) in [6.45, 7) is 5.49. The quantitative estimate of drug-likeness (QED) is 0.871. The van der Waals surface area contributed by atoms with Crippen molar-refractivity contribution in [3.8, 4) is 0 Å². The molecule has 6 heteroatoms. The number of carbonyl (C=O) groups excluding carboxylic acids is 1. The second-order valence-corrected chi connectivity index (χ2v) is 5.27. The fourth-order valence-corrected chi connectivity index (χ4v) is 2.75. The van der Waals surface area contributed by atoms with Gasteiger partial charge in [0.2, 0.25) is 5.95 Å². The van der Waals surface area contributed by atoms with Crippen LogP contribution < -0.4 is 4.90 Å². The third kappa shape index (κ3) is 2.68. The zero-order chi connectivity index (χ0) is 15.5. The lowest BCUT2D eigenvalue weighted by Crippen LogP contribution is -2.49. The molecule has 5 nitrogen and oxygen atoms in total. The van der Waals surface area contributed by atoms with Crippen LogP contribution in [0.2, 0.25) is 0 Å². The number of rotatable bonds is 3. The molecule has 1 aromatic heterocycles. The molecule has 0 saturated carbocycles. The molecule has 0 aliphatic carbocycles. The number of aryl methyl sites for hydroxylation is 1. The predicted molar refractivity (Wildman–Crippen MR) is 82.4 cm³/mol. The van der Waals surface area contributed by atoms with E-state index in [9.17, 15) is 9.18 Å². The molecule has 116 valence electrons. The molecule has 1 fully saturated rings. The van der Waals surface area contributed by atoms with Gasteiger partial charge in [0.15, 0.2) is 0 Å². The van der Waals surface area contributed by atoms with Gasteiger partial charge in [-0.05, 0) is 19.1 Å². The van der Waals surface area contributed by atoms with E-state index < -0.39 is 5.82 Å². The summed E-state index contributed by atoms with van der Waals surface area (Å²) in [4.78, 5) is 20.6. The van der Waals surface area contributed by atoms with E-state index in [1.807, 2.05) is 6.20 Å². The minimum atomic E-state index is -0.462. The topological polar surface area (TPSA) is 41.4 Å². The van der Waals surface area contributed by atoms with Crippen molar-refractivity contribution in [2.45, 2.75) is 13.5 Å². The second kappa shape index (κ2) is 6.17. The van der Waals surface area contributed by atoms with Crippen molar-refractivity contribution in [2.75, 3.05) is 31.1 Å². The number of hydrogen-bond acceptors (Lipinski definition) is 3. The molecule has 0 unspecified atom stereocenters. The molecule has 1 aliphatic heterocycles. The summed E-state index contributed by atoms with van der Waals surface area (Å²) < 4.78 is 15.8. The summed E-state index contributed by atoms with van der Waals surface area (Å²) >= 11 is 0. The molecule has 0 spiro atoms. The van der Waals surface area contributed by atoms with Gasteiger partial charge in [-0.15, -0.1) is 0 Å². The van der Waals surface area contributed by atoms with Crippen LogP contribution in [-0.2, 0) is 6.54 Å². The van der Waals surface area contributed by atoms with E-state index in [2.05, 4.69) is 21.4 Å². The van der Waals surface area contributed by atoms with Crippen LogP contribution in [0.15, 0.2) is 36.7 Å². The summed E-state index contributed by atoms with van der Waals surface area (Å²) in [6, 6.07) is 6.13. The summed E-state index contributed by atoms with van der Waals surface area (Å²) in [5.41, 5.74) is 0.144. The average molecular weight is 302 g/mol. The molecule has 0 radical (unpaired) electrons. The molecule has 0 atom stereocenters. The van der Waals surface area contributed by atoms with Gasteiger partial charge < -0.3 is 14.4 Å². The Hall–Kier alpha value is -2.37. The van der Waals surface area contributed by atoms with Crippen LogP contribution in [0.25, 0.3) is 0 Å². The highest BCUT2D eigenvalue weighted by molar-refractivity contribution is 5.94. The van der Waals surface area contributed by atoms with Crippen LogP contribution in [0.3, 0.4) is 0 Å². The van der Waals surface area contributed by atoms with E-state index in [-0.39, 0.29) is 11.5 Å². The van der Waals surface area contributed by atoms with Crippen LogP contribution in [-0.4, -0.2) is 46.5 Å². The van der Waals surface area contributed by atoms with Crippen molar-refractivity contribution in [3.05, 3.63) is 48.0 Å². The number of aromatic nitrogens is 2. The summed E-state index contributed by atoms with van der Waals surface area (Å²) in [7, 11) is 0. The second-order valence-electron chi connectivity index (χ2n) is 5.27. The molecular weight excluding hydrogens is 283 g/mol. The number of anilines is 1. The fourth-order valence-electron chi connectivity index (χ4n) is 2.75. The molecule has 1 aliphatic rings. The highest BCUT2D eigenvalue weighted by Crippen LogP contribution is 2.16. The number of piperazine rings is 1. The molecule has 0 N–H and O–H groups in total. The van der Waals surface area contributed by atoms with Gasteiger partial charge in [0.25, 0.3) is 5.91 Å². The van der Waals surface area contributed by atoms with Crippen molar-refractivity contribution in [2.24, 2.45) is 0 Å². The Bertz CT molecular complexity index is 662. The number of hydrogen-bond donors (Lipinski definition) is 0. The van der Waals surface area contributed by atoms with Crippen LogP contribution in [0.1, 0.15) is 17.3 Å². The van der Waals surface area contributed by atoms with Crippen molar-refractivity contribution in [1.82, 2.24) is 14.5 Å². The number of halogens is 1. The van der Waals surface area contributed by atoms with Gasteiger partial charge in [0.05, 0.1) is 5.56 Å². The Morgan fingerprint density at radius 3 is 2.64 bits per heavy atom. The van der Waals surface area contributed by atoms with Crippen LogP contribution >= 0.6 is 0 Å². The van der Waals surface area contributed by atoms with E-state index in [4.69, 9.17) is 0 Å². The third-order valence-electron chi connectivity index (χ3n) is 3.99. The van der Waals surface area contributed by atoms with Gasteiger partial charge in [-0.25, -0.2) is 9.37 Å². The Morgan fingerprint density at radius 1 is 1.23 bits per heavy atom. The van der Waals surface area contributed by atoms with Crippen LogP contribution in [0.5, 0.6) is 0 Å². The zero-order valence-corrected chi connectivity index (χ0v) is 12.6. The third-order valence-corrected chi connectivity index (χ3v) is 3.99. The number of imidazole rings is 1. The van der Waals surface area contributed by atoms with E-state index in [1.54, 1.807) is 23.2 Å². The minimum Gasteiger partial charge on any atom is -0.339 e. The molecule has 22 heavy (non-hydrogen) atoms. The van der Waals surface area contributed by atoms with Crippen LogP contribution in [0.4, 0.5) is 10.3 Å². The van der Waals surface area contributed by atoms with Gasteiger partial charge in [-0.1, -0.05) is 12.1 Å². The van der Waals surface area contributed by atoms with Crippen molar-refractivity contribution < 1.29 is 9.18 Å². The SMILES string of the molecule is CCn1ccnc1N1CCN(C(=O)c2ccccc2F)CC1. The standard InChI is InChI=1S/C16H19FN4O/c1-2-19-8-7-18-16(19)21-11-9-20(10-12-21)15(22)13-5-3-4-6-14(13)17/h3-8H,2,9-12H2,1H3. The van der Waals surface area contributed by atoms with E-state index >= 15 is 0 Å². The predicted octanol–water partition coefficient (Wildman–Crippen LogP) is 2.00. The molecule has 1 saturated heterocycles. The van der Waals surface area contributed by atoms with E-state index in [0.717, 1.165) is 12.5 Å². The van der Waals surface area contributed by atoms with Gasteiger partial charge >= 0.3 is 0 Å². The largest absolute Gasteiger partial charge is 0.339 e. The maximum Gasteiger partial charge on any atom is 0.256 e. The average Bonchev–Trinajstić information content (AvgIpc) is 3.03. The number of carbonyl (C=O) groups is 1. The van der Waals surface area contributed by atoms with Crippen molar-refractivity contribution >= 4 is 11.9 Å². The lowest BCUT2D eigenvalue weighted by molar-refractivity contribution is 0.0741. The number of amides is 1. The number of nitrogens with zero attached hydrogens (tertiary/aromatic N) is 4. The Kier molecular flexibility index (Phi) is 4.09. The molecule has 3 rings (SSSR count). The highest BCUT2D eigenvalue weighted by Gasteiger charge is 2.25. The van der Waals surface area contributed by atoms with Gasteiger partial charge in [0.1, 0.15) is 5.82 Å². The highest BCUT2D eigenvalue weighted by atomic mass is 19.1. The molecule has 0 bridgehead atoms. The zero-order valence-electron chi connectivity index (χ0n) is 12.6. The monoisotopic (exact) mass is 302 g/mol. The first-order chi connectivity index (χ1) is 10.7. The maximum atomic E-state index is 13.7.